The van der Waals surface area contributed by atoms with Crippen molar-refractivity contribution in [2.45, 2.75) is 57.5 Å². The summed E-state index contributed by atoms with van der Waals surface area (Å²) >= 11 is 0. The first-order valence-electron chi connectivity index (χ1n) is 8.36. The molecule has 136 valence electrons. The molecule has 0 bridgehead atoms. The van der Waals surface area contributed by atoms with Gasteiger partial charge in [0.15, 0.2) is 0 Å². The van der Waals surface area contributed by atoms with Crippen molar-refractivity contribution in [2.24, 2.45) is 17.8 Å². The van der Waals surface area contributed by atoms with Gasteiger partial charge in [0.05, 0.1) is 13.2 Å². The van der Waals surface area contributed by atoms with Gasteiger partial charge in [-0.05, 0) is 25.2 Å². The fourth-order valence-electron chi connectivity index (χ4n) is 3.31. The van der Waals surface area contributed by atoms with Gasteiger partial charge in [0.2, 0.25) is 0 Å². The summed E-state index contributed by atoms with van der Waals surface area (Å²) in [5, 5.41) is 19.0. The third kappa shape index (κ3) is 6.03. The quantitative estimate of drug-likeness (QED) is 0.252. The van der Waals surface area contributed by atoms with Crippen LogP contribution < -0.4 is 0 Å². The number of carbonyl (C=O) groups is 4. The molecule has 0 amide bonds. The third-order valence-corrected chi connectivity index (χ3v) is 4.72. The van der Waals surface area contributed by atoms with E-state index in [0.717, 1.165) is 25.7 Å². The van der Waals surface area contributed by atoms with Gasteiger partial charge in [-0.15, -0.1) is 0 Å². The van der Waals surface area contributed by atoms with Gasteiger partial charge in [-0.1, -0.05) is 19.3 Å². The second-order valence-corrected chi connectivity index (χ2v) is 6.35. The number of ketones is 1. The molecule has 4 atom stereocenters. The van der Waals surface area contributed by atoms with Crippen LogP contribution in [0.3, 0.4) is 0 Å². The predicted octanol–water partition coefficient (Wildman–Crippen LogP) is 1.36. The zero-order valence-electron chi connectivity index (χ0n) is 14.0. The van der Waals surface area contributed by atoms with E-state index in [1.807, 2.05) is 0 Å². The average molecular weight is 342 g/mol. The van der Waals surface area contributed by atoms with Gasteiger partial charge in [-0.2, -0.15) is 0 Å². The molecule has 24 heavy (non-hydrogen) atoms. The van der Waals surface area contributed by atoms with Crippen LogP contribution in [0.2, 0.25) is 0 Å². The molecule has 0 aromatic carbocycles. The largest absolute Gasteiger partial charge is 0.481 e. The number of hydrogen-bond donors (Lipinski definition) is 2. The van der Waals surface area contributed by atoms with E-state index in [4.69, 9.17) is 5.11 Å². The lowest BCUT2D eigenvalue weighted by Crippen LogP contribution is -2.27. The summed E-state index contributed by atoms with van der Waals surface area (Å²) < 4.78 is 4.56. The zero-order valence-corrected chi connectivity index (χ0v) is 14.0. The lowest BCUT2D eigenvalue weighted by atomic mass is 9.83. The highest BCUT2D eigenvalue weighted by molar-refractivity contribution is 5.87. The fraction of sp³-hybridized carbons (Fsp3) is 0.765. The SMILES string of the molecule is COC(=O)CCCCCC[C@@H]1C(=O)C[C@H](O)[C@H]1CC(C=O)C(=O)O. The number of aliphatic hydroxyl groups is 1. The van der Waals surface area contributed by atoms with Crippen molar-refractivity contribution < 1.29 is 34.1 Å². The molecule has 0 aromatic heterocycles. The van der Waals surface area contributed by atoms with E-state index < -0.39 is 23.9 Å². The van der Waals surface area contributed by atoms with Crippen LogP contribution in [-0.4, -0.2) is 47.4 Å². The van der Waals surface area contributed by atoms with Gasteiger partial charge < -0.3 is 19.7 Å². The summed E-state index contributed by atoms with van der Waals surface area (Å²) in [5.41, 5.74) is 0. The number of Topliss-reactive ketones (excluding diaryl/α,β-unsaturated/α-hetero) is 1. The van der Waals surface area contributed by atoms with E-state index in [2.05, 4.69) is 4.74 Å². The number of ether oxygens (including phenoxy) is 1. The number of carboxylic acid groups (broad SMARTS) is 1. The Bertz CT molecular complexity index is 460. The lowest BCUT2D eigenvalue weighted by molar-refractivity contribution is -0.145. The minimum absolute atomic E-state index is 0.00124. The van der Waals surface area contributed by atoms with Crippen LogP contribution in [0.25, 0.3) is 0 Å². The Balaban J connectivity index is 2.42. The highest BCUT2D eigenvalue weighted by atomic mass is 16.5. The summed E-state index contributed by atoms with van der Waals surface area (Å²) in [6.07, 6.45) is 3.65. The Hall–Kier alpha value is -1.76. The van der Waals surface area contributed by atoms with Crippen molar-refractivity contribution in [3.8, 4) is 0 Å². The number of carboxylic acids is 1. The molecule has 7 heteroatoms. The monoisotopic (exact) mass is 342 g/mol. The third-order valence-electron chi connectivity index (χ3n) is 4.72. The number of unbranched alkanes of at least 4 members (excludes halogenated alkanes) is 3. The molecule has 1 saturated carbocycles. The maximum Gasteiger partial charge on any atom is 0.313 e. The number of aliphatic hydroxyl groups excluding tert-OH is 1. The Morgan fingerprint density at radius 1 is 1.29 bits per heavy atom. The number of aldehydes is 1. The van der Waals surface area contributed by atoms with Crippen molar-refractivity contribution in [1.82, 2.24) is 0 Å². The minimum Gasteiger partial charge on any atom is -0.481 e. The second kappa shape index (κ2) is 10.2. The standard InChI is InChI=1S/C17H26O7/c1-24-16(21)7-5-3-2-4-6-12-13(15(20)9-14(12)19)8-11(10-18)17(22)23/h10-13,15,20H,2-9H2,1H3,(H,22,23)/t11?,12-,13-,15-/m0/s1. The van der Waals surface area contributed by atoms with E-state index in [-0.39, 0.29) is 30.5 Å². The fourth-order valence-corrected chi connectivity index (χ4v) is 3.31. The van der Waals surface area contributed by atoms with Crippen LogP contribution in [0.5, 0.6) is 0 Å². The van der Waals surface area contributed by atoms with Crippen LogP contribution in [0.1, 0.15) is 51.4 Å². The minimum atomic E-state index is -1.22. The van der Waals surface area contributed by atoms with Crippen molar-refractivity contribution in [1.29, 1.82) is 0 Å². The van der Waals surface area contributed by atoms with E-state index in [0.29, 0.717) is 19.1 Å². The molecule has 0 radical (unpaired) electrons. The Morgan fingerprint density at radius 3 is 2.54 bits per heavy atom. The Labute approximate surface area is 141 Å². The highest BCUT2D eigenvalue weighted by Crippen LogP contribution is 2.37. The number of aliphatic carboxylic acids is 1. The van der Waals surface area contributed by atoms with E-state index in [1.165, 1.54) is 7.11 Å². The number of esters is 1. The maximum absolute atomic E-state index is 12.0. The molecule has 0 heterocycles. The van der Waals surface area contributed by atoms with Crippen LogP contribution in [0.4, 0.5) is 0 Å². The van der Waals surface area contributed by atoms with Crippen molar-refractivity contribution in [2.75, 3.05) is 7.11 Å². The molecular weight excluding hydrogens is 316 g/mol. The summed E-state index contributed by atoms with van der Waals surface area (Å²) in [7, 11) is 1.35. The summed E-state index contributed by atoms with van der Waals surface area (Å²) in [6, 6.07) is 0. The first-order chi connectivity index (χ1) is 11.4. The Kier molecular flexibility index (Phi) is 8.60. The van der Waals surface area contributed by atoms with E-state index >= 15 is 0 Å². The molecule has 0 saturated heterocycles. The van der Waals surface area contributed by atoms with Gasteiger partial charge in [0.1, 0.15) is 18.0 Å². The number of hydrogen-bond acceptors (Lipinski definition) is 6. The smallest absolute Gasteiger partial charge is 0.313 e. The zero-order chi connectivity index (χ0) is 18.1. The molecule has 7 nitrogen and oxygen atoms in total. The molecule has 0 aliphatic heterocycles. The number of methoxy groups -OCH3 is 1. The second-order valence-electron chi connectivity index (χ2n) is 6.35. The van der Waals surface area contributed by atoms with Gasteiger partial charge in [0.25, 0.3) is 0 Å². The summed E-state index contributed by atoms with van der Waals surface area (Å²) in [6.45, 7) is 0. The first-order valence-corrected chi connectivity index (χ1v) is 8.36. The maximum atomic E-state index is 12.0. The van der Waals surface area contributed by atoms with Crippen molar-refractivity contribution >= 4 is 24.0 Å². The lowest BCUT2D eigenvalue weighted by Gasteiger charge is -2.22. The van der Waals surface area contributed by atoms with Gasteiger partial charge in [-0.3, -0.25) is 14.4 Å². The molecule has 1 rings (SSSR count). The average Bonchev–Trinajstić information content (AvgIpc) is 2.81. The molecule has 1 unspecified atom stereocenters. The van der Waals surface area contributed by atoms with Gasteiger partial charge in [-0.25, -0.2) is 0 Å². The summed E-state index contributed by atoms with van der Waals surface area (Å²) in [4.78, 5) is 44.9. The molecule has 0 aromatic rings. The number of rotatable bonds is 11. The molecule has 1 aliphatic rings. The molecular formula is C17H26O7. The topological polar surface area (TPSA) is 118 Å². The van der Waals surface area contributed by atoms with Crippen LogP contribution in [0.15, 0.2) is 0 Å². The molecule has 1 aliphatic carbocycles. The van der Waals surface area contributed by atoms with E-state index in [1.54, 1.807) is 0 Å². The highest BCUT2D eigenvalue weighted by Gasteiger charge is 2.42. The van der Waals surface area contributed by atoms with Crippen molar-refractivity contribution in [3.05, 3.63) is 0 Å². The normalized spacial score (nSPS) is 24.6. The summed E-state index contributed by atoms with van der Waals surface area (Å²) in [5.74, 6) is -3.56. The van der Waals surface area contributed by atoms with Crippen LogP contribution in [-0.2, 0) is 23.9 Å². The van der Waals surface area contributed by atoms with Crippen LogP contribution >= 0.6 is 0 Å². The van der Waals surface area contributed by atoms with Gasteiger partial charge >= 0.3 is 11.9 Å². The molecule has 1 fully saturated rings. The first kappa shape index (κ1) is 20.3. The van der Waals surface area contributed by atoms with Gasteiger partial charge in [0, 0.05) is 18.8 Å². The van der Waals surface area contributed by atoms with Crippen molar-refractivity contribution in [3.63, 3.8) is 0 Å². The molecule has 0 spiro atoms. The number of carbonyl (C=O) groups excluding carboxylic acids is 3. The van der Waals surface area contributed by atoms with E-state index in [9.17, 15) is 24.3 Å². The van der Waals surface area contributed by atoms with Crippen LogP contribution in [0, 0.1) is 17.8 Å². The Morgan fingerprint density at radius 2 is 1.96 bits per heavy atom. The predicted molar refractivity (Wildman–Crippen MR) is 84.1 cm³/mol. The molecule has 2 N–H and O–H groups in total.